The van der Waals surface area contributed by atoms with Crippen LogP contribution in [0, 0.1) is 24.0 Å². The third kappa shape index (κ3) is 2.52. The number of aryl methyl sites for hydroxylation is 2. The van der Waals surface area contributed by atoms with Crippen molar-refractivity contribution in [2.24, 2.45) is 0 Å². The molecule has 5 heteroatoms. The van der Waals surface area contributed by atoms with Gasteiger partial charge in [0.2, 0.25) is 0 Å². The Morgan fingerprint density at radius 1 is 1.40 bits per heavy atom. The fourth-order valence-corrected chi connectivity index (χ4v) is 1.34. The number of carboxylic acid groups (broad SMARTS) is 1. The van der Waals surface area contributed by atoms with Gasteiger partial charge in [0, 0.05) is 11.6 Å². The minimum absolute atomic E-state index is 0.125. The molecule has 0 bridgehead atoms. The van der Waals surface area contributed by atoms with E-state index in [2.05, 4.69) is 0 Å². The van der Waals surface area contributed by atoms with E-state index in [1.54, 1.807) is 19.9 Å². The zero-order chi connectivity index (χ0) is 11.6. The van der Waals surface area contributed by atoms with Crippen molar-refractivity contribution in [2.75, 3.05) is 0 Å². The van der Waals surface area contributed by atoms with E-state index >= 15 is 0 Å². The minimum atomic E-state index is -1.07. The molecule has 0 radical (unpaired) electrons. The summed E-state index contributed by atoms with van der Waals surface area (Å²) in [6.07, 6.45) is -0.322. The second-order valence-electron chi connectivity index (χ2n) is 3.39. The molecule has 1 rings (SSSR count). The van der Waals surface area contributed by atoms with Gasteiger partial charge in [-0.15, -0.1) is 0 Å². The van der Waals surface area contributed by atoms with E-state index in [-0.39, 0.29) is 17.7 Å². The van der Waals surface area contributed by atoms with Crippen LogP contribution in [0.3, 0.4) is 0 Å². The van der Waals surface area contributed by atoms with Crippen molar-refractivity contribution in [3.63, 3.8) is 0 Å². The van der Waals surface area contributed by atoms with Gasteiger partial charge in [0.05, 0.1) is 11.3 Å². The highest BCUT2D eigenvalue weighted by Gasteiger charge is 2.17. The van der Waals surface area contributed by atoms with Crippen LogP contribution >= 0.6 is 0 Å². The van der Waals surface area contributed by atoms with E-state index in [4.69, 9.17) is 5.11 Å². The van der Waals surface area contributed by atoms with Crippen molar-refractivity contribution in [3.05, 3.63) is 38.9 Å². The number of carbonyl (C=O) groups is 1. The molecule has 1 aromatic rings. The number of aliphatic carboxylic acids is 1. The van der Waals surface area contributed by atoms with E-state index in [9.17, 15) is 14.9 Å². The van der Waals surface area contributed by atoms with E-state index < -0.39 is 10.9 Å². The topological polar surface area (TPSA) is 80.4 Å². The normalized spacial score (nSPS) is 10.0. The molecule has 0 fully saturated rings. The van der Waals surface area contributed by atoms with Crippen LogP contribution in [0.15, 0.2) is 12.1 Å². The Bertz CT molecular complexity index is 426. The number of hydrogen-bond acceptors (Lipinski definition) is 3. The van der Waals surface area contributed by atoms with Crippen molar-refractivity contribution in [3.8, 4) is 0 Å². The smallest absolute Gasteiger partial charge is 0.308 e. The molecule has 15 heavy (non-hydrogen) atoms. The van der Waals surface area contributed by atoms with Gasteiger partial charge in [-0.05, 0) is 31.0 Å². The number of carboxylic acids is 1. The van der Waals surface area contributed by atoms with Crippen LogP contribution in [0.1, 0.15) is 16.7 Å². The number of nitro groups is 1. The summed E-state index contributed by atoms with van der Waals surface area (Å²) < 4.78 is 0. The van der Waals surface area contributed by atoms with Crippen molar-refractivity contribution in [1.29, 1.82) is 0 Å². The molecule has 80 valence electrons. The van der Waals surface area contributed by atoms with Gasteiger partial charge in [0.1, 0.15) is 0 Å². The first-order chi connectivity index (χ1) is 6.91. The van der Waals surface area contributed by atoms with Crippen LogP contribution < -0.4 is 0 Å². The summed E-state index contributed by atoms with van der Waals surface area (Å²) in [5.74, 6) is -1.07. The molecule has 0 atom stereocenters. The number of nitro benzene ring substituents is 1. The molecule has 0 saturated carbocycles. The Hall–Kier alpha value is -1.91. The molecule has 0 spiro atoms. The molecule has 0 aliphatic carbocycles. The first kappa shape index (κ1) is 11.2. The molecule has 0 heterocycles. The summed E-state index contributed by atoms with van der Waals surface area (Å²) in [6, 6.07) is 2.97. The lowest BCUT2D eigenvalue weighted by molar-refractivity contribution is -0.385. The maximum atomic E-state index is 10.7. The summed E-state index contributed by atoms with van der Waals surface area (Å²) in [4.78, 5) is 20.6. The molecule has 0 unspecified atom stereocenters. The summed E-state index contributed by atoms with van der Waals surface area (Å²) in [5.41, 5.74) is 1.77. The highest BCUT2D eigenvalue weighted by atomic mass is 16.6. The van der Waals surface area contributed by atoms with Crippen LogP contribution in [-0.4, -0.2) is 16.0 Å². The minimum Gasteiger partial charge on any atom is -0.481 e. The van der Waals surface area contributed by atoms with Gasteiger partial charge in [0.25, 0.3) is 5.69 Å². The monoisotopic (exact) mass is 209 g/mol. The summed E-state index contributed by atoms with van der Waals surface area (Å²) in [5, 5.41) is 19.3. The highest BCUT2D eigenvalue weighted by Crippen LogP contribution is 2.23. The average Bonchev–Trinajstić information content (AvgIpc) is 2.09. The second kappa shape index (κ2) is 4.08. The molecule has 1 N–H and O–H groups in total. The first-order valence-electron chi connectivity index (χ1n) is 4.38. The molecule has 0 aromatic heterocycles. The Morgan fingerprint density at radius 2 is 1.93 bits per heavy atom. The maximum Gasteiger partial charge on any atom is 0.308 e. The first-order valence-corrected chi connectivity index (χ1v) is 4.38. The molecule has 1 aromatic carbocycles. The van der Waals surface area contributed by atoms with Crippen LogP contribution in [-0.2, 0) is 11.2 Å². The highest BCUT2D eigenvalue weighted by molar-refractivity contribution is 5.72. The Balaban J connectivity index is 3.28. The summed E-state index contributed by atoms with van der Waals surface area (Å²) in [6.45, 7) is 3.55. The Labute approximate surface area is 86.5 Å². The number of nitrogens with zero attached hydrogens (tertiary/aromatic N) is 1. The maximum absolute atomic E-state index is 10.7. The van der Waals surface area contributed by atoms with Gasteiger partial charge in [-0.3, -0.25) is 14.9 Å². The van der Waals surface area contributed by atoms with Gasteiger partial charge in [0.15, 0.2) is 0 Å². The van der Waals surface area contributed by atoms with Crippen LogP contribution in [0.2, 0.25) is 0 Å². The molecular weight excluding hydrogens is 198 g/mol. The van der Waals surface area contributed by atoms with Gasteiger partial charge in [-0.2, -0.15) is 0 Å². The Kier molecular flexibility index (Phi) is 3.04. The molecule has 0 aliphatic heterocycles. The lowest BCUT2D eigenvalue weighted by Gasteiger charge is -2.04. The molecule has 0 saturated heterocycles. The van der Waals surface area contributed by atoms with Gasteiger partial charge in [-0.25, -0.2) is 0 Å². The van der Waals surface area contributed by atoms with E-state index in [1.165, 1.54) is 6.07 Å². The van der Waals surface area contributed by atoms with Crippen molar-refractivity contribution < 1.29 is 14.8 Å². The lowest BCUT2D eigenvalue weighted by atomic mass is 10.0. The van der Waals surface area contributed by atoms with Crippen molar-refractivity contribution in [1.82, 2.24) is 0 Å². The third-order valence-corrected chi connectivity index (χ3v) is 2.23. The average molecular weight is 209 g/mol. The van der Waals surface area contributed by atoms with E-state index in [0.29, 0.717) is 0 Å². The fraction of sp³-hybridized carbons (Fsp3) is 0.300. The van der Waals surface area contributed by atoms with Crippen LogP contribution in [0.25, 0.3) is 0 Å². The largest absolute Gasteiger partial charge is 0.481 e. The number of benzene rings is 1. The predicted molar refractivity (Wildman–Crippen MR) is 53.9 cm³/mol. The van der Waals surface area contributed by atoms with E-state index in [1.807, 2.05) is 0 Å². The molecule has 0 amide bonds. The second-order valence-corrected chi connectivity index (χ2v) is 3.39. The van der Waals surface area contributed by atoms with Crippen LogP contribution in [0.4, 0.5) is 5.69 Å². The number of rotatable bonds is 3. The van der Waals surface area contributed by atoms with Gasteiger partial charge < -0.3 is 5.11 Å². The zero-order valence-electron chi connectivity index (χ0n) is 8.48. The lowest BCUT2D eigenvalue weighted by Crippen LogP contribution is -2.04. The Morgan fingerprint density at radius 3 is 2.40 bits per heavy atom. The zero-order valence-corrected chi connectivity index (χ0v) is 8.48. The van der Waals surface area contributed by atoms with E-state index in [0.717, 1.165) is 11.1 Å². The SMILES string of the molecule is Cc1cc(CC(=O)O)c([N+](=O)[O-])cc1C. The van der Waals surface area contributed by atoms with Gasteiger partial charge in [-0.1, -0.05) is 0 Å². The third-order valence-electron chi connectivity index (χ3n) is 2.23. The van der Waals surface area contributed by atoms with Gasteiger partial charge >= 0.3 is 5.97 Å². The standard InChI is InChI=1S/C10H11NO4/c1-6-3-8(5-10(12)13)9(11(14)15)4-7(6)2/h3-4H,5H2,1-2H3,(H,12,13). The quantitative estimate of drug-likeness (QED) is 0.608. The molecule has 5 nitrogen and oxygen atoms in total. The predicted octanol–water partition coefficient (Wildman–Crippen LogP) is 1.84. The van der Waals surface area contributed by atoms with Crippen LogP contribution in [0.5, 0.6) is 0 Å². The summed E-state index contributed by atoms with van der Waals surface area (Å²) in [7, 11) is 0. The molecule has 0 aliphatic rings. The number of hydrogen-bond donors (Lipinski definition) is 1. The molecular formula is C10H11NO4. The fourth-order valence-electron chi connectivity index (χ4n) is 1.34. The van der Waals surface area contributed by atoms with Crippen molar-refractivity contribution >= 4 is 11.7 Å². The summed E-state index contributed by atoms with van der Waals surface area (Å²) >= 11 is 0. The van der Waals surface area contributed by atoms with Crippen molar-refractivity contribution in [2.45, 2.75) is 20.3 Å².